The van der Waals surface area contributed by atoms with Gasteiger partial charge in [0.25, 0.3) is 0 Å². The van der Waals surface area contributed by atoms with Gasteiger partial charge in [-0.15, -0.1) is 0 Å². The van der Waals surface area contributed by atoms with Crippen LogP contribution in [0.25, 0.3) is 0 Å². The van der Waals surface area contributed by atoms with E-state index < -0.39 is 0 Å². The predicted molar refractivity (Wildman–Crippen MR) is 54.7 cm³/mol. The van der Waals surface area contributed by atoms with Crippen molar-refractivity contribution in [1.29, 1.82) is 0 Å². The first kappa shape index (κ1) is 10.4. The smallest absolute Gasteiger partial charge is 0.217 e. The van der Waals surface area contributed by atoms with E-state index in [-0.39, 0.29) is 6.10 Å². The third-order valence-corrected chi connectivity index (χ3v) is 2.06. The van der Waals surface area contributed by atoms with Crippen LogP contribution in [0.4, 0.5) is 0 Å². The minimum atomic E-state index is 0.215. The van der Waals surface area contributed by atoms with Crippen LogP contribution in [0.5, 0.6) is 5.88 Å². The molecule has 0 aliphatic rings. The highest BCUT2D eigenvalue weighted by Gasteiger charge is 2.03. The second-order valence-electron chi connectivity index (χ2n) is 2.90. The summed E-state index contributed by atoms with van der Waals surface area (Å²) in [6.07, 6.45) is 3.86. The second kappa shape index (κ2) is 5.17. The quantitative estimate of drug-likeness (QED) is 0.765. The van der Waals surface area contributed by atoms with Crippen molar-refractivity contribution in [3.05, 3.63) is 17.0 Å². The monoisotopic (exact) mass is 244 g/mol. The van der Waals surface area contributed by atoms with Crippen molar-refractivity contribution in [1.82, 2.24) is 9.97 Å². The van der Waals surface area contributed by atoms with Crippen molar-refractivity contribution in [2.75, 3.05) is 0 Å². The van der Waals surface area contributed by atoms with Crippen LogP contribution in [0.3, 0.4) is 0 Å². The molecule has 3 nitrogen and oxygen atoms in total. The first-order valence-electron chi connectivity index (χ1n) is 4.36. The Morgan fingerprint density at radius 2 is 2.31 bits per heavy atom. The fourth-order valence-electron chi connectivity index (χ4n) is 1.05. The Morgan fingerprint density at radius 1 is 1.54 bits per heavy atom. The van der Waals surface area contributed by atoms with Crippen LogP contribution in [0.2, 0.25) is 0 Å². The van der Waals surface area contributed by atoms with Gasteiger partial charge in [-0.1, -0.05) is 13.3 Å². The first-order chi connectivity index (χ1) is 6.22. The first-order valence-corrected chi connectivity index (χ1v) is 5.16. The molecule has 13 heavy (non-hydrogen) atoms. The summed E-state index contributed by atoms with van der Waals surface area (Å²) in [6, 6.07) is 1.77. The predicted octanol–water partition coefficient (Wildman–Crippen LogP) is 2.81. The van der Waals surface area contributed by atoms with E-state index in [1.54, 1.807) is 6.07 Å². The van der Waals surface area contributed by atoms with Crippen LogP contribution in [0.1, 0.15) is 26.7 Å². The van der Waals surface area contributed by atoms with Crippen LogP contribution in [-0.4, -0.2) is 16.1 Å². The largest absolute Gasteiger partial charge is 0.475 e. The Kier molecular flexibility index (Phi) is 4.15. The molecule has 1 rings (SSSR count). The summed E-state index contributed by atoms with van der Waals surface area (Å²) in [5.74, 6) is 0.628. The summed E-state index contributed by atoms with van der Waals surface area (Å²) in [4.78, 5) is 7.92. The lowest BCUT2D eigenvalue weighted by molar-refractivity contribution is 0.201. The maximum absolute atomic E-state index is 5.55. The minimum absolute atomic E-state index is 0.215. The molecule has 0 N–H and O–H groups in total. The Hall–Kier alpha value is -0.640. The lowest BCUT2D eigenvalue weighted by Gasteiger charge is -2.12. The average molecular weight is 245 g/mol. The topological polar surface area (TPSA) is 35.0 Å². The molecule has 0 fully saturated rings. The van der Waals surface area contributed by atoms with Gasteiger partial charge in [0.15, 0.2) is 0 Å². The van der Waals surface area contributed by atoms with Gasteiger partial charge in [-0.3, -0.25) is 0 Å². The van der Waals surface area contributed by atoms with Crippen molar-refractivity contribution in [3.63, 3.8) is 0 Å². The van der Waals surface area contributed by atoms with Gasteiger partial charge in [-0.05, 0) is 29.3 Å². The van der Waals surface area contributed by atoms with Crippen LogP contribution >= 0.6 is 15.9 Å². The summed E-state index contributed by atoms with van der Waals surface area (Å²) >= 11 is 3.26. The molecule has 0 aliphatic carbocycles. The Morgan fingerprint density at radius 3 is 2.92 bits per heavy atom. The highest BCUT2D eigenvalue weighted by Crippen LogP contribution is 2.14. The molecule has 1 aromatic heterocycles. The maximum atomic E-state index is 5.55. The SMILES string of the molecule is CCCC(C)Oc1cc(Br)ncn1. The van der Waals surface area contributed by atoms with Gasteiger partial charge >= 0.3 is 0 Å². The van der Waals surface area contributed by atoms with Gasteiger partial charge in [-0.2, -0.15) is 0 Å². The molecule has 4 heteroatoms. The fraction of sp³-hybridized carbons (Fsp3) is 0.556. The highest BCUT2D eigenvalue weighted by molar-refractivity contribution is 9.10. The molecule has 1 heterocycles. The van der Waals surface area contributed by atoms with Crippen LogP contribution in [0.15, 0.2) is 17.0 Å². The minimum Gasteiger partial charge on any atom is -0.475 e. The zero-order valence-corrected chi connectivity index (χ0v) is 9.41. The highest BCUT2D eigenvalue weighted by atomic mass is 79.9. The van der Waals surface area contributed by atoms with E-state index in [2.05, 4.69) is 32.8 Å². The van der Waals surface area contributed by atoms with Gasteiger partial charge in [-0.25, -0.2) is 9.97 Å². The lowest BCUT2D eigenvalue weighted by atomic mass is 10.2. The molecule has 0 bridgehead atoms. The van der Waals surface area contributed by atoms with E-state index in [0.717, 1.165) is 17.4 Å². The molecule has 0 aromatic carbocycles. The van der Waals surface area contributed by atoms with Crippen LogP contribution in [0, 0.1) is 0 Å². The standard InChI is InChI=1S/C9H13BrN2O/c1-3-4-7(2)13-9-5-8(10)11-6-12-9/h5-7H,3-4H2,1-2H3. The summed E-state index contributed by atoms with van der Waals surface area (Å²) in [6.45, 7) is 4.18. The van der Waals surface area contributed by atoms with Crippen LogP contribution < -0.4 is 4.74 Å². The van der Waals surface area contributed by atoms with Crippen molar-refractivity contribution in [2.45, 2.75) is 32.8 Å². The zero-order chi connectivity index (χ0) is 9.68. The van der Waals surface area contributed by atoms with Gasteiger partial charge in [0.1, 0.15) is 10.9 Å². The van der Waals surface area contributed by atoms with Crippen molar-refractivity contribution >= 4 is 15.9 Å². The number of ether oxygens (including phenoxy) is 1. The van der Waals surface area contributed by atoms with Crippen LogP contribution in [-0.2, 0) is 0 Å². The molecule has 1 aromatic rings. The molecule has 0 aliphatic heterocycles. The van der Waals surface area contributed by atoms with Gasteiger partial charge in [0.05, 0.1) is 6.10 Å². The number of hydrogen-bond acceptors (Lipinski definition) is 3. The van der Waals surface area contributed by atoms with E-state index >= 15 is 0 Å². The number of aromatic nitrogens is 2. The molecule has 0 amide bonds. The summed E-state index contributed by atoms with van der Waals surface area (Å²) in [5, 5.41) is 0. The van der Waals surface area contributed by atoms with Crippen molar-refractivity contribution in [3.8, 4) is 5.88 Å². The van der Waals surface area contributed by atoms with Crippen molar-refractivity contribution < 1.29 is 4.74 Å². The zero-order valence-electron chi connectivity index (χ0n) is 7.83. The number of rotatable bonds is 4. The Balaban J connectivity index is 2.53. The fourth-order valence-corrected chi connectivity index (χ4v) is 1.34. The van der Waals surface area contributed by atoms with E-state index in [1.165, 1.54) is 6.33 Å². The van der Waals surface area contributed by atoms with E-state index in [0.29, 0.717) is 5.88 Å². The molecule has 0 saturated heterocycles. The molecule has 1 unspecified atom stereocenters. The van der Waals surface area contributed by atoms with Gasteiger partial charge in [0, 0.05) is 6.07 Å². The third kappa shape index (κ3) is 3.72. The number of hydrogen-bond donors (Lipinski definition) is 0. The third-order valence-electron chi connectivity index (χ3n) is 1.63. The van der Waals surface area contributed by atoms with E-state index in [9.17, 15) is 0 Å². The van der Waals surface area contributed by atoms with E-state index in [4.69, 9.17) is 4.74 Å². The second-order valence-corrected chi connectivity index (χ2v) is 3.71. The molecule has 0 saturated carbocycles. The maximum Gasteiger partial charge on any atom is 0.217 e. The lowest BCUT2D eigenvalue weighted by Crippen LogP contribution is -2.11. The molecule has 0 radical (unpaired) electrons. The number of halogens is 1. The normalized spacial score (nSPS) is 12.5. The van der Waals surface area contributed by atoms with Gasteiger partial charge in [0.2, 0.25) is 5.88 Å². The van der Waals surface area contributed by atoms with Crippen molar-refractivity contribution in [2.24, 2.45) is 0 Å². The van der Waals surface area contributed by atoms with E-state index in [1.807, 2.05) is 6.92 Å². The summed E-state index contributed by atoms with van der Waals surface area (Å²) in [5.41, 5.74) is 0. The Labute approximate surface area is 86.7 Å². The van der Waals surface area contributed by atoms with Gasteiger partial charge < -0.3 is 4.74 Å². The molecule has 0 spiro atoms. The molecular weight excluding hydrogens is 232 g/mol. The molecule has 72 valence electrons. The molecular formula is C9H13BrN2O. The Bertz CT molecular complexity index is 268. The summed E-state index contributed by atoms with van der Waals surface area (Å²) < 4.78 is 6.31. The number of nitrogens with zero attached hydrogens (tertiary/aromatic N) is 2. The summed E-state index contributed by atoms with van der Waals surface area (Å²) in [7, 11) is 0. The average Bonchev–Trinajstić information content (AvgIpc) is 2.04. The molecule has 1 atom stereocenters.